The number of anilines is 1. The zero-order valence-corrected chi connectivity index (χ0v) is 18.3. The minimum absolute atomic E-state index is 0.146. The second-order valence-electron chi connectivity index (χ2n) is 6.96. The predicted octanol–water partition coefficient (Wildman–Crippen LogP) is 3.60. The Morgan fingerprint density at radius 1 is 1.23 bits per heavy atom. The molecule has 2 aromatic heterocycles. The monoisotopic (exact) mass is 440 g/mol. The zero-order valence-electron chi connectivity index (χ0n) is 17.5. The van der Waals surface area contributed by atoms with Gasteiger partial charge in [-0.15, -0.1) is 0 Å². The zero-order chi connectivity index (χ0) is 22.2. The number of carbonyl (C=O) groups excluding carboxylic acids is 2. The van der Waals surface area contributed by atoms with Crippen molar-refractivity contribution in [3.8, 4) is 5.69 Å². The molecule has 0 unspecified atom stereocenters. The van der Waals surface area contributed by atoms with Crippen molar-refractivity contribution >= 4 is 35.2 Å². The lowest BCUT2D eigenvalue weighted by molar-refractivity contribution is -0.121. The van der Waals surface area contributed by atoms with E-state index in [4.69, 9.17) is 11.6 Å². The molecule has 2 amide bonds. The third-order valence-electron chi connectivity index (χ3n) is 4.58. The molecule has 1 aromatic carbocycles. The maximum Gasteiger partial charge on any atom is 0.244 e. The van der Waals surface area contributed by atoms with E-state index < -0.39 is 0 Å². The number of amides is 2. The Bertz CT molecular complexity index is 1050. The Kier molecular flexibility index (Phi) is 7.61. The van der Waals surface area contributed by atoms with Crippen LogP contribution in [0, 0.1) is 6.92 Å². The standard InChI is InChI=1S/C22H25ClN6O2/c1-3-4-13-29-22(23)19(16(2)27-29)10-11-20(30)24-15-21(31)26-17-6-8-18(9-7-17)28-14-5-12-25-28/h5-12,14H,3-4,13,15H2,1-2H3,(H,24,30)(H,26,31)/b11-10+. The third-order valence-corrected chi connectivity index (χ3v) is 4.98. The van der Waals surface area contributed by atoms with Crippen molar-refractivity contribution in [2.45, 2.75) is 33.2 Å². The number of hydrogen-bond acceptors (Lipinski definition) is 4. The molecular weight excluding hydrogens is 416 g/mol. The number of unbranched alkanes of at least 4 members (excludes halogenated alkanes) is 1. The summed E-state index contributed by atoms with van der Waals surface area (Å²) in [5.74, 6) is -0.712. The maximum atomic E-state index is 12.1. The highest BCUT2D eigenvalue weighted by molar-refractivity contribution is 6.31. The lowest BCUT2D eigenvalue weighted by atomic mass is 10.2. The van der Waals surface area contributed by atoms with Gasteiger partial charge < -0.3 is 10.6 Å². The quantitative estimate of drug-likeness (QED) is 0.497. The summed E-state index contributed by atoms with van der Waals surface area (Å²) < 4.78 is 3.46. The van der Waals surface area contributed by atoms with Gasteiger partial charge in [-0.1, -0.05) is 24.9 Å². The topological polar surface area (TPSA) is 93.8 Å². The number of aryl methyl sites for hydroxylation is 2. The van der Waals surface area contributed by atoms with Crippen LogP contribution in [0.25, 0.3) is 11.8 Å². The van der Waals surface area contributed by atoms with Gasteiger partial charge in [-0.25, -0.2) is 4.68 Å². The number of rotatable bonds is 9. The molecule has 3 aromatic rings. The summed E-state index contributed by atoms with van der Waals surface area (Å²) in [6.07, 6.45) is 8.52. The van der Waals surface area contributed by atoms with Gasteiger partial charge in [-0.3, -0.25) is 14.3 Å². The van der Waals surface area contributed by atoms with E-state index >= 15 is 0 Å². The van der Waals surface area contributed by atoms with E-state index in [1.807, 2.05) is 31.3 Å². The van der Waals surface area contributed by atoms with Crippen molar-refractivity contribution in [2.24, 2.45) is 0 Å². The fraction of sp³-hybridized carbons (Fsp3) is 0.273. The Hall–Kier alpha value is -3.39. The summed E-state index contributed by atoms with van der Waals surface area (Å²) in [5.41, 5.74) is 2.97. The lowest BCUT2D eigenvalue weighted by Gasteiger charge is -2.07. The van der Waals surface area contributed by atoms with Crippen molar-refractivity contribution < 1.29 is 9.59 Å². The van der Waals surface area contributed by atoms with E-state index in [0.29, 0.717) is 16.4 Å². The van der Waals surface area contributed by atoms with Crippen molar-refractivity contribution in [1.82, 2.24) is 24.9 Å². The van der Waals surface area contributed by atoms with E-state index in [9.17, 15) is 9.59 Å². The van der Waals surface area contributed by atoms with Gasteiger partial charge in [-0.05, 0) is 49.8 Å². The van der Waals surface area contributed by atoms with Crippen LogP contribution in [-0.2, 0) is 16.1 Å². The SMILES string of the molecule is CCCCn1nc(C)c(/C=C/C(=O)NCC(=O)Nc2ccc(-n3cccn3)cc2)c1Cl. The normalized spacial score (nSPS) is 11.1. The van der Waals surface area contributed by atoms with Gasteiger partial charge in [0.05, 0.1) is 17.9 Å². The molecule has 2 N–H and O–H groups in total. The van der Waals surface area contributed by atoms with Crippen molar-refractivity contribution in [3.63, 3.8) is 0 Å². The number of hydrogen-bond donors (Lipinski definition) is 2. The Labute approximate surface area is 185 Å². The van der Waals surface area contributed by atoms with Crippen LogP contribution in [0.5, 0.6) is 0 Å². The molecule has 9 heteroatoms. The number of carbonyl (C=O) groups is 2. The molecule has 162 valence electrons. The number of nitrogens with zero attached hydrogens (tertiary/aromatic N) is 4. The van der Waals surface area contributed by atoms with Crippen LogP contribution in [0.1, 0.15) is 31.0 Å². The van der Waals surface area contributed by atoms with Gasteiger partial charge in [0, 0.05) is 36.3 Å². The summed E-state index contributed by atoms with van der Waals surface area (Å²) in [4.78, 5) is 24.2. The molecule has 2 heterocycles. The maximum absolute atomic E-state index is 12.1. The van der Waals surface area contributed by atoms with Crippen LogP contribution in [0.4, 0.5) is 5.69 Å². The van der Waals surface area contributed by atoms with Crippen molar-refractivity contribution in [3.05, 3.63) is 65.2 Å². The first-order valence-corrected chi connectivity index (χ1v) is 10.4. The number of benzene rings is 1. The molecule has 0 aliphatic heterocycles. The summed E-state index contributed by atoms with van der Waals surface area (Å²) >= 11 is 6.36. The number of aromatic nitrogens is 4. The first-order chi connectivity index (χ1) is 15.0. The van der Waals surface area contributed by atoms with Crippen LogP contribution < -0.4 is 10.6 Å². The Morgan fingerprint density at radius 2 is 2.00 bits per heavy atom. The van der Waals surface area contributed by atoms with E-state index in [-0.39, 0.29) is 18.4 Å². The highest BCUT2D eigenvalue weighted by Gasteiger charge is 2.11. The Balaban J connectivity index is 1.49. The van der Waals surface area contributed by atoms with Gasteiger partial charge in [0.1, 0.15) is 5.15 Å². The molecule has 31 heavy (non-hydrogen) atoms. The molecular formula is C22H25ClN6O2. The molecule has 3 rings (SSSR count). The molecule has 0 aliphatic rings. The van der Waals surface area contributed by atoms with Crippen molar-refractivity contribution in [1.29, 1.82) is 0 Å². The van der Waals surface area contributed by atoms with Crippen LogP contribution >= 0.6 is 11.6 Å². The largest absolute Gasteiger partial charge is 0.343 e. The first kappa shape index (κ1) is 22.3. The number of nitrogens with one attached hydrogen (secondary N) is 2. The van der Waals surface area contributed by atoms with E-state index in [2.05, 4.69) is 27.8 Å². The smallest absolute Gasteiger partial charge is 0.244 e. The molecule has 0 fully saturated rings. The molecule has 0 saturated heterocycles. The molecule has 0 spiro atoms. The van der Waals surface area contributed by atoms with Crippen LogP contribution in [0.15, 0.2) is 48.8 Å². The second kappa shape index (κ2) is 10.6. The fourth-order valence-corrected chi connectivity index (χ4v) is 3.24. The minimum Gasteiger partial charge on any atom is -0.343 e. The molecule has 8 nitrogen and oxygen atoms in total. The van der Waals surface area contributed by atoms with Gasteiger partial charge >= 0.3 is 0 Å². The van der Waals surface area contributed by atoms with E-state index in [1.165, 1.54) is 6.08 Å². The molecule has 0 radical (unpaired) electrons. The van der Waals surface area contributed by atoms with Gasteiger partial charge in [-0.2, -0.15) is 10.2 Å². The molecule has 0 bridgehead atoms. The van der Waals surface area contributed by atoms with Gasteiger partial charge in [0.25, 0.3) is 0 Å². The average molecular weight is 441 g/mol. The van der Waals surface area contributed by atoms with Gasteiger partial charge in [0.15, 0.2) is 0 Å². The first-order valence-electron chi connectivity index (χ1n) is 10.1. The lowest BCUT2D eigenvalue weighted by Crippen LogP contribution is -2.31. The highest BCUT2D eigenvalue weighted by atomic mass is 35.5. The van der Waals surface area contributed by atoms with Crippen LogP contribution in [0.3, 0.4) is 0 Å². The average Bonchev–Trinajstić information content (AvgIpc) is 3.38. The third kappa shape index (κ3) is 6.05. The van der Waals surface area contributed by atoms with Crippen LogP contribution in [0.2, 0.25) is 5.15 Å². The second-order valence-corrected chi connectivity index (χ2v) is 7.32. The highest BCUT2D eigenvalue weighted by Crippen LogP contribution is 2.21. The minimum atomic E-state index is -0.388. The molecule has 0 saturated carbocycles. The molecule has 0 aliphatic carbocycles. The van der Waals surface area contributed by atoms with Crippen LogP contribution in [-0.4, -0.2) is 37.9 Å². The predicted molar refractivity (Wildman–Crippen MR) is 121 cm³/mol. The summed E-state index contributed by atoms with van der Waals surface area (Å²) in [6.45, 7) is 4.53. The summed E-state index contributed by atoms with van der Waals surface area (Å²) in [7, 11) is 0. The Morgan fingerprint density at radius 3 is 2.68 bits per heavy atom. The van der Waals surface area contributed by atoms with E-state index in [0.717, 1.165) is 30.8 Å². The fourth-order valence-electron chi connectivity index (χ4n) is 2.92. The summed E-state index contributed by atoms with van der Waals surface area (Å²) in [5, 5.41) is 14.4. The number of halogens is 1. The van der Waals surface area contributed by atoms with Crippen molar-refractivity contribution in [2.75, 3.05) is 11.9 Å². The van der Waals surface area contributed by atoms with Gasteiger partial charge in [0.2, 0.25) is 11.8 Å². The van der Waals surface area contributed by atoms with E-state index in [1.54, 1.807) is 33.8 Å². The summed E-state index contributed by atoms with van der Waals surface area (Å²) in [6, 6.07) is 9.07. The molecule has 0 atom stereocenters.